The summed E-state index contributed by atoms with van der Waals surface area (Å²) in [6.07, 6.45) is 4.10. The number of thiazole rings is 1. The highest BCUT2D eigenvalue weighted by molar-refractivity contribution is 7.17. The Hall–Kier alpha value is -3.49. The number of H-pyrrole nitrogens is 1. The number of nitrogens with one attached hydrogen (secondary N) is 2. The number of nitrogens with zero attached hydrogens (tertiary/aromatic N) is 2. The molecule has 36 heavy (non-hydrogen) atoms. The second-order valence-electron chi connectivity index (χ2n) is 9.20. The molecule has 1 aliphatic rings. The van der Waals surface area contributed by atoms with Crippen molar-refractivity contribution >= 4 is 55.5 Å². The van der Waals surface area contributed by atoms with Crippen molar-refractivity contribution in [3.63, 3.8) is 0 Å². The Bertz CT molecular complexity index is 1540. The predicted molar refractivity (Wildman–Crippen MR) is 146 cm³/mol. The van der Waals surface area contributed by atoms with E-state index in [0.717, 1.165) is 53.0 Å². The quantitative estimate of drug-likeness (QED) is 0.304. The third kappa shape index (κ3) is 4.54. The van der Waals surface area contributed by atoms with Gasteiger partial charge in [0.1, 0.15) is 5.69 Å². The summed E-state index contributed by atoms with van der Waals surface area (Å²) in [5, 5.41) is 10.3. The molecule has 0 radical (unpaired) electrons. The van der Waals surface area contributed by atoms with Gasteiger partial charge in [0.2, 0.25) is 5.91 Å². The summed E-state index contributed by atoms with van der Waals surface area (Å²) >= 11 is 3.24. The molecule has 3 aromatic heterocycles. The summed E-state index contributed by atoms with van der Waals surface area (Å²) in [6, 6.07) is 16.3. The van der Waals surface area contributed by atoms with Gasteiger partial charge in [0.05, 0.1) is 11.4 Å². The van der Waals surface area contributed by atoms with Crippen molar-refractivity contribution in [1.29, 1.82) is 0 Å². The summed E-state index contributed by atoms with van der Waals surface area (Å²) in [4.78, 5) is 35.6. The lowest BCUT2D eigenvalue weighted by molar-refractivity contribution is -0.131. The smallest absolute Gasteiger partial charge is 0.271 e. The average Bonchev–Trinajstić information content (AvgIpc) is 3.67. The van der Waals surface area contributed by atoms with Crippen LogP contribution in [0.4, 0.5) is 0 Å². The topological polar surface area (TPSA) is 78.1 Å². The molecule has 0 saturated carbocycles. The molecule has 5 aromatic rings. The van der Waals surface area contributed by atoms with Gasteiger partial charge in [-0.05, 0) is 46.9 Å². The molecular formula is C28H26N4O2S2. The molecule has 6 nitrogen and oxygen atoms in total. The van der Waals surface area contributed by atoms with E-state index in [1.54, 1.807) is 22.7 Å². The van der Waals surface area contributed by atoms with E-state index in [0.29, 0.717) is 18.7 Å². The molecule has 1 fully saturated rings. The van der Waals surface area contributed by atoms with E-state index in [2.05, 4.69) is 38.9 Å². The van der Waals surface area contributed by atoms with Gasteiger partial charge >= 0.3 is 0 Å². The molecule has 8 heteroatoms. The van der Waals surface area contributed by atoms with Crippen LogP contribution in [0.3, 0.4) is 0 Å². The van der Waals surface area contributed by atoms with Crippen LogP contribution < -0.4 is 5.32 Å². The van der Waals surface area contributed by atoms with Crippen molar-refractivity contribution in [2.45, 2.75) is 31.7 Å². The molecule has 2 amide bonds. The van der Waals surface area contributed by atoms with E-state index in [-0.39, 0.29) is 17.7 Å². The molecule has 0 spiro atoms. The zero-order chi connectivity index (χ0) is 24.5. The third-order valence-corrected chi connectivity index (χ3v) is 8.99. The Morgan fingerprint density at radius 1 is 0.972 bits per heavy atom. The van der Waals surface area contributed by atoms with Gasteiger partial charge in [0.15, 0.2) is 0 Å². The van der Waals surface area contributed by atoms with Gasteiger partial charge in [0.25, 0.3) is 5.91 Å². The van der Waals surface area contributed by atoms with Gasteiger partial charge in [-0.25, -0.2) is 4.98 Å². The minimum Gasteiger partial charge on any atom is -0.361 e. The van der Waals surface area contributed by atoms with Crippen LogP contribution in [-0.2, 0) is 17.8 Å². The molecule has 0 bridgehead atoms. The molecule has 2 N–H and O–H groups in total. The van der Waals surface area contributed by atoms with Crippen LogP contribution in [-0.4, -0.2) is 39.8 Å². The van der Waals surface area contributed by atoms with Crippen molar-refractivity contribution in [2.75, 3.05) is 13.1 Å². The van der Waals surface area contributed by atoms with Crippen LogP contribution >= 0.6 is 22.7 Å². The van der Waals surface area contributed by atoms with Crippen LogP contribution in [0.1, 0.15) is 45.4 Å². The molecule has 182 valence electrons. The molecule has 4 heterocycles. The number of carbonyl (C=O) groups is 2. The Morgan fingerprint density at radius 3 is 2.61 bits per heavy atom. The van der Waals surface area contributed by atoms with Gasteiger partial charge < -0.3 is 15.2 Å². The maximum absolute atomic E-state index is 12.9. The predicted octanol–water partition coefficient (Wildman–Crippen LogP) is 5.72. The van der Waals surface area contributed by atoms with E-state index >= 15 is 0 Å². The van der Waals surface area contributed by atoms with E-state index < -0.39 is 0 Å². The van der Waals surface area contributed by atoms with Crippen molar-refractivity contribution in [1.82, 2.24) is 20.2 Å². The normalized spacial score (nSPS) is 14.5. The Labute approximate surface area is 217 Å². The SMILES string of the molecule is O=C(NCc1csc2ccccc12)c1csc(C2CCN(C(=O)Cc3c[nH]c4ccccc34)CC2)n1. The van der Waals surface area contributed by atoms with Gasteiger partial charge in [-0.1, -0.05) is 36.4 Å². The lowest BCUT2D eigenvalue weighted by Crippen LogP contribution is -2.38. The maximum Gasteiger partial charge on any atom is 0.271 e. The average molecular weight is 515 g/mol. The molecule has 0 aliphatic carbocycles. The van der Waals surface area contributed by atoms with Crippen molar-refractivity contribution in [3.05, 3.63) is 87.3 Å². The number of likely N-dealkylation sites (tertiary alicyclic amines) is 1. The number of benzene rings is 2. The summed E-state index contributed by atoms with van der Waals surface area (Å²) in [5.74, 6) is 0.312. The number of aromatic nitrogens is 2. The minimum atomic E-state index is -0.140. The van der Waals surface area contributed by atoms with Gasteiger partial charge in [-0.2, -0.15) is 0 Å². The number of amides is 2. The van der Waals surface area contributed by atoms with Crippen molar-refractivity contribution in [3.8, 4) is 0 Å². The number of thiophene rings is 1. The summed E-state index contributed by atoms with van der Waals surface area (Å²) in [7, 11) is 0. The Kier molecular flexibility index (Phi) is 6.29. The van der Waals surface area contributed by atoms with Crippen LogP contribution in [0.25, 0.3) is 21.0 Å². The number of para-hydroxylation sites is 1. The second-order valence-corrected chi connectivity index (χ2v) is 11.0. The fourth-order valence-electron chi connectivity index (χ4n) is 4.94. The molecule has 0 unspecified atom stereocenters. The van der Waals surface area contributed by atoms with E-state index in [4.69, 9.17) is 0 Å². The Balaban J connectivity index is 1.03. The van der Waals surface area contributed by atoms with Crippen LogP contribution in [0, 0.1) is 0 Å². The number of hydrogen-bond acceptors (Lipinski definition) is 5. The first-order chi connectivity index (χ1) is 17.7. The van der Waals surface area contributed by atoms with E-state index in [1.165, 1.54) is 10.1 Å². The Morgan fingerprint density at radius 2 is 1.75 bits per heavy atom. The lowest BCUT2D eigenvalue weighted by Gasteiger charge is -2.31. The third-order valence-electron chi connectivity index (χ3n) is 6.97. The van der Waals surface area contributed by atoms with Crippen LogP contribution in [0.2, 0.25) is 0 Å². The summed E-state index contributed by atoms with van der Waals surface area (Å²) in [5.41, 5.74) is 3.71. The van der Waals surface area contributed by atoms with Gasteiger partial charge in [-0.3, -0.25) is 9.59 Å². The van der Waals surface area contributed by atoms with E-state index in [1.807, 2.05) is 46.8 Å². The van der Waals surface area contributed by atoms with E-state index in [9.17, 15) is 9.59 Å². The molecule has 0 atom stereocenters. The van der Waals surface area contributed by atoms with Gasteiger partial charge in [-0.15, -0.1) is 22.7 Å². The first kappa shape index (κ1) is 22.9. The van der Waals surface area contributed by atoms with Crippen LogP contribution in [0.15, 0.2) is 65.5 Å². The van der Waals surface area contributed by atoms with Gasteiger partial charge in [0, 0.05) is 52.7 Å². The molecular weight excluding hydrogens is 488 g/mol. The number of rotatable bonds is 6. The zero-order valence-corrected chi connectivity index (χ0v) is 21.3. The molecule has 1 saturated heterocycles. The number of carbonyl (C=O) groups excluding carboxylic acids is 2. The molecule has 2 aromatic carbocycles. The van der Waals surface area contributed by atoms with Crippen LogP contribution in [0.5, 0.6) is 0 Å². The zero-order valence-electron chi connectivity index (χ0n) is 19.7. The highest BCUT2D eigenvalue weighted by Crippen LogP contribution is 2.31. The first-order valence-electron chi connectivity index (χ1n) is 12.2. The first-order valence-corrected chi connectivity index (χ1v) is 13.9. The number of fused-ring (bicyclic) bond motifs is 2. The number of piperidine rings is 1. The second kappa shape index (κ2) is 9.87. The standard InChI is InChI=1S/C28H26N4O2S2/c33-26(13-19-14-29-23-7-3-1-5-21(19)23)32-11-9-18(10-12-32)28-31-24(17-36-28)27(34)30-15-20-16-35-25-8-4-2-6-22(20)25/h1-8,14,16-18,29H,9-13,15H2,(H,30,34). The minimum absolute atomic E-state index is 0.140. The highest BCUT2D eigenvalue weighted by Gasteiger charge is 2.26. The maximum atomic E-state index is 12.9. The fourth-order valence-corrected chi connectivity index (χ4v) is 6.88. The summed E-state index contributed by atoms with van der Waals surface area (Å²) in [6.45, 7) is 1.93. The number of hydrogen-bond donors (Lipinski definition) is 2. The number of aromatic amines is 1. The largest absolute Gasteiger partial charge is 0.361 e. The highest BCUT2D eigenvalue weighted by atomic mass is 32.1. The lowest BCUT2D eigenvalue weighted by atomic mass is 9.97. The van der Waals surface area contributed by atoms with Crippen molar-refractivity contribution in [2.24, 2.45) is 0 Å². The molecule has 6 rings (SSSR count). The monoisotopic (exact) mass is 514 g/mol. The summed E-state index contributed by atoms with van der Waals surface area (Å²) < 4.78 is 1.23. The van der Waals surface area contributed by atoms with Crippen molar-refractivity contribution < 1.29 is 9.59 Å². The molecule has 1 aliphatic heterocycles. The fraction of sp³-hybridized carbons (Fsp3) is 0.250.